The molecule has 0 saturated carbocycles. The van der Waals surface area contributed by atoms with Crippen molar-refractivity contribution in [3.8, 4) is 0 Å². The fraction of sp³-hybridized carbons (Fsp3) is 0.500. The number of aliphatic imine (C=N–C) groups is 1. The summed E-state index contributed by atoms with van der Waals surface area (Å²) in [4.78, 5) is 6.65. The zero-order chi connectivity index (χ0) is 13.2. The molecule has 0 fully saturated rings. The van der Waals surface area contributed by atoms with Crippen LogP contribution in [-0.4, -0.2) is 43.5 Å². The molecule has 0 aliphatic rings. The third-order valence-electron chi connectivity index (χ3n) is 2.49. The molecular weight excluding hydrogens is 369 g/mol. The van der Waals surface area contributed by atoms with Crippen LogP contribution in [0.4, 0.5) is 0 Å². The topological polar surface area (TPSA) is 27.6 Å². The van der Waals surface area contributed by atoms with E-state index in [0.717, 1.165) is 19.0 Å². The normalized spacial score (nSPS) is 10.8. The SMILES string of the molecule is CSCCCNC(=NCc1ccccc1)N(C)C.I. The number of guanidine groups is 1. The smallest absolute Gasteiger partial charge is 0.193 e. The van der Waals surface area contributed by atoms with Crippen LogP contribution in [0.1, 0.15) is 12.0 Å². The highest BCUT2D eigenvalue weighted by Crippen LogP contribution is 2.00. The van der Waals surface area contributed by atoms with Crippen molar-refractivity contribution in [2.24, 2.45) is 4.99 Å². The Balaban J connectivity index is 0.00000324. The summed E-state index contributed by atoms with van der Waals surface area (Å²) in [6.45, 7) is 1.70. The highest BCUT2D eigenvalue weighted by molar-refractivity contribution is 14.0. The molecule has 1 rings (SSSR count). The molecule has 0 saturated heterocycles. The molecule has 0 aliphatic carbocycles. The van der Waals surface area contributed by atoms with Gasteiger partial charge in [-0.3, -0.25) is 0 Å². The number of hydrogen-bond donors (Lipinski definition) is 1. The zero-order valence-electron chi connectivity index (χ0n) is 11.9. The van der Waals surface area contributed by atoms with Gasteiger partial charge in [-0.25, -0.2) is 4.99 Å². The van der Waals surface area contributed by atoms with E-state index in [4.69, 9.17) is 0 Å². The van der Waals surface area contributed by atoms with Crippen LogP contribution < -0.4 is 5.32 Å². The van der Waals surface area contributed by atoms with Gasteiger partial charge in [0.2, 0.25) is 0 Å². The molecule has 0 amide bonds. The van der Waals surface area contributed by atoms with E-state index >= 15 is 0 Å². The standard InChI is InChI=1S/C14H23N3S.HI/c1-17(2)14(15-10-7-11-18-3)16-12-13-8-5-4-6-9-13;/h4-6,8-9H,7,10-12H2,1-3H3,(H,15,16);1H. The van der Waals surface area contributed by atoms with Gasteiger partial charge in [-0.2, -0.15) is 11.8 Å². The molecule has 19 heavy (non-hydrogen) atoms. The van der Waals surface area contributed by atoms with Crippen LogP contribution in [0.25, 0.3) is 0 Å². The maximum atomic E-state index is 4.62. The average molecular weight is 393 g/mol. The second-order valence-electron chi connectivity index (χ2n) is 4.29. The molecule has 0 aliphatic heterocycles. The van der Waals surface area contributed by atoms with E-state index in [1.165, 1.54) is 17.7 Å². The molecule has 108 valence electrons. The fourth-order valence-electron chi connectivity index (χ4n) is 1.52. The first kappa shape index (κ1) is 18.6. The summed E-state index contributed by atoms with van der Waals surface area (Å²) >= 11 is 1.88. The Morgan fingerprint density at radius 3 is 2.53 bits per heavy atom. The summed E-state index contributed by atoms with van der Waals surface area (Å²) in [6, 6.07) is 10.3. The summed E-state index contributed by atoms with van der Waals surface area (Å²) in [5.74, 6) is 2.15. The molecule has 0 unspecified atom stereocenters. The Hall–Kier alpha value is -0.430. The van der Waals surface area contributed by atoms with Crippen LogP contribution in [-0.2, 0) is 6.54 Å². The van der Waals surface area contributed by atoms with Gasteiger partial charge >= 0.3 is 0 Å². The Labute approximate surface area is 138 Å². The van der Waals surface area contributed by atoms with E-state index in [-0.39, 0.29) is 24.0 Å². The van der Waals surface area contributed by atoms with Gasteiger partial charge in [0.1, 0.15) is 0 Å². The van der Waals surface area contributed by atoms with Gasteiger partial charge in [-0.05, 0) is 24.0 Å². The zero-order valence-corrected chi connectivity index (χ0v) is 15.1. The molecule has 0 spiro atoms. The Kier molecular flexibility index (Phi) is 11.1. The molecule has 1 aromatic rings. The second kappa shape index (κ2) is 11.4. The van der Waals surface area contributed by atoms with Crippen LogP contribution in [0, 0.1) is 0 Å². The summed E-state index contributed by atoms with van der Waals surface area (Å²) in [5.41, 5.74) is 1.24. The third-order valence-corrected chi connectivity index (χ3v) is 3.18. The molecule has 0 bridgehead atoms. The van der Waals surface area contributed by atoms with E-state index in [9.17, 15) is 0 Å². The Morgan fingerprint density at radius 1 is 1.26 bits per heavy atom. The predicted octanol–water partition coefficient (Wildman–Crippen LogP) is 3.06. The van der Waals surface area contributed by atoms with Crippen molar-refractivity contribution in [1.29, 1.82) is 0 Å². The number of rotatable bonds is 6. The van der Waals surface area contributed by atoms with Gasteiger partial charge in [0.15, 0.2) is 5.96 Å². The highest BCUT2D eigenvalue weighted by Gasteiger charge is 2.00. The van der Waals surface area contributed by atoms with Crippen LogP contribution in [0.3, 0.4) is 0 Å². The molecular formula is C14H24IN3S. The van der Waals surface area contributed by atoms with Crippen molar-refractivity contribution < 1.29 is 0 Å². The van der Waals surface area contributed by atoms with Crippen molar-refractivity contribution in [2.75, 3.05) is 32.6 Å². The van der Waals surface area contributed by atoms with E-state index in [1.807, 2.05) is 49.0 Å². The number of benzene rings is 1. The minimum atomic E-state index is 0. The van der Waals surface area contributed by atoms with Gasteiger partial charge in [0.25, 0.3) is 0 Å². The van der Waals surface area contributed by atoms with Crippen LogP contribution >= 0.6 is 35.7 Å². The number of nitrogens with zero attached hydrogens (tertiary/aromatic N) is 2. The van der Waals surface area contributed by atoms with Crippen molar-refractivity contribution in [3.63, 3.8) is 0 Å². The minimum Gasteiger partial charge on any atom is -0.356 e. The van der Waals surface area contributed by atoms with Crippen LogP contribution in [0.5, 0.6) is 0 Å². The van der Waals surface area contributed by atoms with Crippen molar-refractivity contribution in [2.45, 2.75) is 13.0 Å². The molecule has 0 heterocycles. The van der Waals surface area contributed by atoms with E-state index in [2.05, 4.69) is 28.7 Å². The molecule has 3 nitrogen and oxygen atoms in total. The number of halogens is 1. The first-order valence-electron chi connectivity index (χ1n) is 6.22. The lowest BCUT2D eigenvalue weighted by Gasteiger charge is -2.17. The fourth-order valence-corrected chi connectivity index (χ4v) is 1.95. The second-order valence-corrected chi connectivity index (χ2v) is 5.28. The summed E-state index contributed by atoms with van der Waals surface area (Å²) in [7, 11) is 4.04. The van der Waals surface area contributed by atoms with Crippen LogP contribution in [0.2, 0.25) is 0 Å². The number of thioether (sulfide) groups is 1. The summed E-state index contributed by atoms with van der Waals surface area (Å²) < 4.78 is 0. The lowest BCUT2D eigenvalue weighted by Crippen LogP contribution is -2.37. The Bertz CT molecular complexity index is 355. The van der Waals surface area contributed by atoms with Crippen molar-refractivity contribution >= 4 is 41.7 Å². The number of nitrogens with one attached hydrogen (secondary N) is 1. The van der Waals surface area contributed by atoms with Crippen molar-refractivity contribution in [3.05, 3.63) is 35.9 Å². The molecule has 0 radical (unpaired) electrons. The molecule has 0 atom stereocenters. The molecule has 5 heteroatoms. The van der Waals surface area contributed by atoms with Gasteiger partial charge in [0, 0.05) is 20.6 Å². The van der Waals surface area contributed by atoms with Gasteiger partial charge < -0.3 is 10.2 Å². The quantitative estimate of drug-likeness (QED) is 0.349. The Morgan fingerprint density at radius 2 is 1.95 bits per heavy atom. The van der Waals surface area contributed by atoms with Gasteiger partial charge in [-0.15, -0.1) is 24.0 Å². The van der Waals surface area contributed by atoms with E-state index in [1.54, 1.807) is 0 Å². The monoisotopic (exact) mass is 393 g/mol. The van der Waals surface area contributed by atoms with Gasteiger partial charge in [-0.1, -0.05) is 30.3 Å². The minimum absolute atomic E-state index is 0. The number of hydrogen-bond acceptors (Lipinski definition) is 2. The maximum Gasteiger partial charge on any atom is 0.193 e. The molecule has 1 N–H and O–H groups in total. The molecule has 1 aromatic carbocycles. The maximum absolute atomic E-state index is 4.62. The summed E-state index contributed by atoms with van der Waals surface area (Å²) in [6.07, 6.45) is 3.30. The van der Waals surface area contributed by atoms with Crippen LogP contribution in [0.15, 0.2) is 35.3 Å². The van der Waals surface area contributed by atoms with Gasteiger partial charge in [0.05, 0.1) is 6.54 Å². The lowest BCUT2D eigenvalue weighted by atomic mass is 10.2. The first-order valence-corrected chi connectivity index (χ1v) is 7.62. The lowest BCUT2D eigenvalue weighted by molar-refractivity contribution is 0.578. The third kappa shape index (κ3) is 8.36. The first-order chi connectivity index (χ1) is 8.74. The van der Waals surface area contributed by atoms with Crippen molar-refractivity contribution in [1.82, 2.24) is 10.2 Å². The van der Waals surface area contributed by atoms with E-state index in [0.29, 0.717) is 0 Å². The average Bonchev–Trinajstić information content (AvgIpc) is 2.38. The highest BCUT2D eigenvalue weighted by atomic mass is 127. The summed E-state index contributed by atoms with van der Waals surface area (Å²) in [5, 5.41) is 3.39. The predicted molar refractivity (Wildman–Crippen MR) is 97.7 cm³/mol. The van der Waals surface area contributed by atoms with E-state index < -0.39 is 0 Å². The molecule has 0 aromatic heterocycles. The largest absolute Gasteiger partial charge is 0.356 e.